The SMILES string of the molecule is O=C(O)[C@@H]1C2CCC(CC2)[C@H]1n1cc(CCc2ccccn2)c2cnc(-c3c[nH]c4ncc(F)cc34)nc21. The topological polar surface area (TPSA) is 110 Å². The third-order valence-electron chi connectivity index (χ3n) is 8.55. The molecular formula is C29H27FN6O2. The van der Waals surface area contributed by atoms with Gasteiger partial charge in [0.05, 0.1) is 18.2 Å². The number of rotatable bonds is 6. The minimum atomic E-state index is -0.728. The Kier molecular flexibility index (Phi) is 5.45. The van der Waals surface area contributed by atoms with Crippen molar-refractivity contribution >= 4 is 28.0 Å². The summed E-state index contributed by atoms with van der Waals surface area (Å²) < 4.78 is 16.1. The fourth-order valence-electron chi connectivity index (χ4n) is 6.79. The summed E-state index contributed by atoms with van der Waals surface area (Å²) in [5.74, 6) is -0.659. The minimum Gasteiger partial charge on any atom is -0.481 e. The number of aryl methyl sites for hydroxylation is 2. The van der Waals surface area contributed by atoms with Crippen LogP contribution >= 0.6 is 0 Å². The van der Waals surface area contributed by atoms with E-state index in [1.165, 1.54) is 12.3 Å². The van der Waals surface area contributed by atoms with Crippen LogP contribution < -0.4 is 0 Å². The second-order valence-corrected chi connectivity index (χ2v) is 10.6. The molecule has 0 amide bonds. The number of carbonyl (C=O) groups is 1. The number of halogens is 1. The fraction of sp³-hybridized carbons (Fsp3) is 0.345. The first-order valence-electron chi connectivity index (χ1n) is 13.2. The zero-order valence-electron chi connectivity index (χ0n) is 20.7. The molecule has 0 saturated heterocycles. The molecule has 0 radical (unpaired) electrons. The molecule has 0 aromatic carbocycles. The number of nitrogens with one attached hydrogen (secondary N) is 1. The molecule has 8 nitrogen and oxygen atoms in total. The summed E-state index contributed by atoms with van der Waals surface area (Å²) in [4.78, 5) is 33.9. The van der Waals surface area contributed by atoms with E-state index < -0.39 is 17.7 Å². The summed E-state index contributed by atoms with van der Waals surface area (Å²) in [6.07, 6.45) is 14.2. The Balaban J connectivity index is 1.37. The molecule has 3 aliphatic rings. The van der Waals surface area contributed by atoms with Crippen molar-refractivity contribution in [3.8, 4) is 11.4 Å². The van der Waals surface area contributed by atoms with Crippen LogP contribution in [0.25, 0.3) is 33.5 Å². The van der Waals surface area contributed by atoms with E-state index in [2.05, 4.69) is 30.7 Å². The molecule has 3 aliphatic carbocycles. The summed E-state index contributed by atoms with van der Waals surface area (Å²) in [5, 5.41) is 11.8. The molecule has 0 spiro atoms. The average Bonchev–Trinajstić information content (AvgIpc) is 3.53. The molecular weight excluding hydrogens is 483 g/mol. The van der Waals surface area contributed by atoms with Gasteiger partial charge in [0, 0.05) is 46.8 Å². The van der Waals surface area contributed by atoms with Crippen molar-refractivity contribution in [2.45, 2.75) is 44.6 Å². The molecule has 5 aromatic rings. The summed E-state index contributed by atoms with van der Waals surface area (Å²) in [6, 6.07) is 7.17. The lowest BCUT2D eigenvalue weighted by molar-refractivity contribution is -0.151. The van der Waals surface area contributed by atoms with Crippen molar-refractivity contribution in [2.75, 3.05) is 0 Å². The van der Waals surface area contributed by atoms with Crippen molar-refractivity contribution in [2.24, 2.45) is 17.8 Å². The average molecular weight is 511 g/mol. The number of carboxylic acids is 1. The van der Waals surface area contributed by atoms with Crippen molar-refractivity contribution < 1.29 is 14.3 Å². The predicted molar refractivity (Wildman–Crippen MR) is 140 cm³/mol. The number of aromatic amines is 1. The van der Waals surface area contributed by atoms with Crippen LogP contribution in [0.1, 0.15) is 43.0 Å². The lowest BCUT2D eigenvalue weighted by atomic mass is 9.61. The lowest BCUT2D eigenvalue weighted by Gasteiger charge is -2.47. The third-order valence-corrected chi connectivity index (χ3v) is 8.55. The third kappa shape index (κ3) is 3.76. The Bertz CT molecular complexity index is 1650. The van der Waals surface area contributed by atoms with Gasteiger partial charge in [-0.3, -0.25) is 9.78 Å². The molecule has 9 heteroatoms. The monoisotopic (exact) mass is 510 g/mol. The number of H-pyrrole nitrogens is 1. The van der Waals surface area contributed by atoms with Crippen molar-refractivity contribution in [3.05, 3.63) is 72.3 Å². The van der Waals surface area contributed by atoms with Crippen LogP contribution in [0.2, 0.25) is 0 Å². The number of aliphatic carboxylic acids is 1. The van der Waals surface area contributed by atoms with Crippen LogP contribution in [0.3, 0.4) is 0 Å². The number of fused-ring (bicyclic) bond motifs is 5. The van der Waals surface area contributed by atoms with E-state index in [1.54, 1.807) is 12.4 Å². The van der Waals surface area contributed by atoms with E-state index in [0.717, 1.165) is 60.8 Å². The number of hydrogen-bond acceptors (Lipinski definition) is 5. The summed E-state index contributed by atoms with van der Waals surface area (Å²) in [7, 11) is 0. The van der Waals surface area contributed by atoms with Gasteiger partial charge in [0.15, 0.2) is 5.82 Å². The molecule has 8 rings (SSSR count). The van der Waals surface area contributed by atoms with Gasteiger partial charge in [-0.05, 0) is 74.1 Å². The molecule has 2 N–H and O–H groups in total. The van der Waals surface area contributed by atoms with Gasteiger partial charge in [-0.15, -0.1) is 0 Å². The first-order valence-corrected chi connectivity index (χ1v) is 13.2. The van der Waals surface area contributed by atoms with E-state index in [0.29, 0.717) is 28.3 Å². The predicted octanol–water partition coefficient (Wildman–Crippen LogP) is 5.36. The number of pyridine rings is 2. The summed E-state index contributed by atoms with van der Waals surface area (Å²) in [5.41, 5.74) is 4.03. The quantitative estimate of drug-likeness (QED) is 0.318. The summed E-state index contributed by atoms with van der Waals surface area (Å²) >= 11 is 0. The van der Waals surface area contributed by atoms with Crippen molar-refractivity contribution in [3.63, 3.8) is 0 Å². The number of hydrogen-bond donors (Lipinski definition) is 2. The van der Waals surface area contributed by atoms with Crippen LogP contribution in [-0.2, 0) is 17.6 Å². The molecule has 3 saturated carbocycles. The Labute approximate surface area is 218 Å². The smallest absolute Gasteiger partial charge is 0.308 e. The van der Waals surface area contributed by atoms with E-state index in [4.69, 9.17) is 4.98 Å². The first kappa shape index (κ1) is 23.0. The van der Waals surface area contributed by atoms with Gasteiger partial charge in [0.25, 0.3) is 0 Å². The number of aromatic nitrogens is 6. The highest BCUT2D eigenvalue weighted by Gasteiger charge is 2.48. The van der Waals surface area contributed by atoms with Crippen LogP contribution in [0.15, 0.2) is 55.2 Å². The first-order chi connectivity index (χ1) is 18.6. The maximum absolute atomic E-state index is 14.0. The van der Waals surface area contributed by atoms with Gasteiger partial charge in [-0.2, -0.15) is 0 Å². The highest BCUT2D eigenvalue weighted by Crippen LogP contribution is 2.52. The van der Waals surface area contributed by atoms with Crippen molar-refractivity contribution in [1.29, 1.82) is 0 Å². The maximum atomic E-state index is 14.0. The zero-order chi connectivity index (χ0) is 25.8. The number of carboxylic acid groups (broad SMARTS) is 1. The Morgan fingerprint density at radius 2 is 1.89 bits per heavy atom. The molecule has 2 atom stereocenters. The van der Waals surface area contributed by atoms with E-state index in [1.807, 2.05) is 24.4 Å². The van der Waals surface area contributed by atoms with Gasteiger partial charge in [0.1, 0.15) is 17.1 Å². The molecule has 0 aliphatic heterocycles. The Morgan fingerprint density at radius 3 is 2.68 bits per heavy atom. The molecule has 192 valence electrons. The lowest BCUT2D eigenvalue weighted by Crippen LogP contribution is -2.44. The maximum Gasteiger partial charge on any atom is 0.308 e. The zero-order valence-corrected chi connectivity index (χ0v) is 20.7. The number of nitrogens with zero attached hydrogens (tertiary/aromatic N) is 5. The highest BCUT2D eigenvalue weighted by atomic mass is 19.1. The van der Waals surface area contributed by atoms with E-state index in [-0.39, 0.29) is 12.0 Å². The van der Waals surface area contributed by atoms with Gasteiger partial charge < -0.3 is 14.7 Å². The second-order valence-electron chi connectivity index (χ2n) is 10.6. The van der Waals surface area contributed by atoms with E-state index >= 15 is 0 Å². The molecule has 5 aromatic heterocycles. The largest absolute Gasteiger partial charge is 0.481 e. The Hall–Kier alpha value is -4.14. The van der Waals surface area contributed by atoms with Crippen LogP contribution in [-0.4, -0.2) is 40.6 Å². The van der Waals surface area contributed by atoms with Gasteiger partial charge in [0.2, 0.25) is 0 Å². The molecule has 5 heterocycles. The standard InChI is InChI=1S/C29H27FN6O2/c30-19-11-21-23(14-33-26(21)32-12-19)27-34-13-22-18(8-9-20-3-1-2-10-31-20)15-36(28(22)35-27)25-17-6-4-16(5-7-17)24(25)29(37)38/h1-3,10-17,24-25H,4-9H2,(H,32,33)(H,37,38)/t16?,17?,24-,25-/m1/s1. The normalized spacial score (nSPS) is 22.9. The van der Waals surface area contributed by atoms with Crippen LogP contribution in [0.5, 0.6) is 0 Å². The molecule has 0 unspecified atom stereocenters. The van der Waals surface area contributed by atoms with Crippen LogP contribution in [0, 0.1) is 23.6 Å². The Morgan fingerprint density at radius 1 is 1.05 bits per heavy atom. The van der Waals surface area contributed by atoms with Gasteiger partial charge >= 0.3 is 5.97 Å². The fourth-order valence-corrected chi connectivity index (χ4v) is 6.79. The van der Waals surface area contributed by atoms with E-state index in [9.17, 15) is 14.3 Å². The second kappa shape index (κ2) is 9.01. The molecule has 2 bridgehead atoms. The highest BCUT2D eigenvalue weighted by molar-refractivity contribution is 5.93. The van der Waals surface area contributed by atoms with Crippen LogP contribution in [0.4, 0.5) is 4.39 Å². The minimum absolute atomic E-state index is 0.157. The van der Waals surface area contributed by atoms with Crippen molar-refractivity contribution in [1.82, 2.24) is 29.5 Å². The summed E-state index contributed by atoms with van der Waals surface area (Å²) in [6.45, 7) is 0. The molecule has 3 fully saturated rings. The van der Waals surface area contributed by atoms with Gasteiger partial charge in [-0.25, -0.2) is 19.3 Å². The molecule has 38 heavy (non-hydrogen) atoms. The van der Waals surface area contributed by atoms with Gasteiger partial charge in [-0.1, -0.05) is 6.07 Å².